The van der Waals surface area contributed by atoms with E-state index in [9.17, 15) is 0 Å². The van der Waals surface area contributed by atoms with Crippen molar-refractivity contribution in [3.63, 3.8) is 0 Å². The van der Waals surface area contributed by atoms with Crippen molar-refractivity contribution in [2.24, 2.45) is 11.8 Å². The van der Waals surface area contributed by atoms with Gasteiger partial charge in [0.25, 0.3) is 0 Å². The molecule has 4 aromatic rings. The first-order chi connectivity index (χ1) is 17.8. The zero-order chi connectivity index (χ0) is 24.4. The summed E-state index contributed by atoms with van der Waals surface area (Å²) in [7, 11) is 0. The van der Waals surface area contributed by atoms with Crippen molar-refractivity contribution in [3.05, 3.63) is 127 Å². The Balaban J connectivity index is 0.00000280. The van der Waals surface area contributed by atoms with Crippen LogP contribution in [0.3, 0.4) is 0 Å². The molecule has 190 valence electrons. The van der Waals surface area contributed by atoms with Crippen LogP contribution in [0.2, 0.25) is 0 Å². The molecule has 7 rings (SSSR count). The number of piperidine rings is 3. The summed E-state index contributed by atoms with van der Waals surface area (Å²) in [4.78, 5) is 4.67. The van der Waals surface area contributed by atoms with Gasteiger partial charge in [-0.3, -0.25) is 4.98 Å². The van der Waals surface area contributed by atoms with Crippen molar-refractivity contribution in [1.29, 1.82) is 0 Å². The molecule has 0 radical (unpaired) electrons. The molecule has 2 bridgehead atoms. The number of para-hydroxylation sites is 1. The summed E-state index contributed by atoms with van der Waals surface area (Å²) < 4.78 is 8.04. The summed E-state index contributed by atoms with van der Waals surface area (Å²) >= 11 is 0. The third kappa shape index (κ3) is 5.16. The molecule has 3 aliphatic heterocycles. The number of quaternary nitrogens is 1. The minimum Gasteiger partial charge on any atom is -1.00 e. The Kier molecular flexibility index (Phi) is 7.89. The van der Waals surface area contributed by atoms with Gasteiger partial charge < -0.3 is 26.2 Å². The average molecular weight is 556 g/mol. The molecule has 0 aliphatic carbocycles. The fourth-order valence-electron chi connectivity index (χ4n) is 6.85. The first-order valence-corrected chi connectivity index (χ1v) is 13.3. The second-order valence-corrected chi connectivity index (χ2v) is 10.7. The fourth-order valence-corrected chi connectivity index (χ4v) is 6.85. The van der Waals surface area contributed by atoms with Gasteiger partial charge in [-0.05, 0) is 29.2 Å². The average Bonchev–Trinajstić information content (AvgIpc) is 2.94. The second kappa shape index (κ2) is 11.3. The van der Waals surface area contributed by atoms with Crippen molar-refractivity contribution in [2.75, 3.05) is 13.1 Å². The smallest absolute Gasteiger partial charge is 0.135 e. The van der Waals surface area contributed by atoms with Gasteiger partial charge in [-0.25, -0.2) is 0 Å². The lowest BCUT2D eigenvalue weighted by atomic mass is 9.71. The number of hydrogen-bond donors (Lipinski definition) is 0. The van der Waals surface area contributed by atoms with E-state index in [1.54, 1.807) is 0 Å². The summed E-state index contributed by atoms with van der Waals surface area (Å²) in [6.45, 7) is 8.22. The molecule has 0 spiro atoms. The number of fused-ring (bicyclic) bond motifs is 4. The molecule has 5 atom stereocenters. The van der Waals surface area contributed by atoms with E-state index in [0.29, 0.717) is 24.5 Å². The first kappa shape index (κ1) is 25.8. The normalized spacial score (nSPS) is 25.4. The maximum absolute atomic E-state index is 6.98. The van der Waals surface area contributed by atoms with Crippen LogP contribution in [0.1, 0.15) is 35.6 Å². The van der Waals surface area contributed by atoms with Gasteiger partial charge in [0, 0.05) is 35.9 Å². The van der Waals surface area contributed by atoms with Gasteiger partial charge in [0.1, 0.15) is 18.7 Å². The van der Waals surface area contributed by atoms with Crippen LogP contribution in [-0.2, 0) is 17.9 Å². The molecule has 3 aromatic carbocycles. The molecule has 3 nitrogen and oxygen atoms in total. The fraction of sp³-hybridized carbons (Fsp3) is 0.303. The Bertz CT molecular complexity index is 1320. The van der Waals surface area contributed by atoms with Crippen LogP contribution in [0.25, 0.3) is 10.9 Å². The van der Waals surface area contributed by atoms with E-state index in [0.717, 1.165) is 23.1 Å². The Morgan fingerprint density at radius 3 is 2.38 bits per heavy atom. The standard InChI is InChI=1S/C33H35N2O.BrH/c1-2-27-23-35(22-25-11-5-3-6-12-25)20-18-28(27)21-32(35)33(36-24-26-13-7-4-8-14-26)30-17-19-34-31-16-10-9-15-29(30)31;/h2-17,19,27-28,32-33H,1,18,20-24H2;1H/q+1;/p-1/t27-,28-,32+,33-,35?;/m0./s1. The van der Waals surface area contributed by atoms with E-state index in [4.69, 9.17) is 4.74 Å². The lowest BCUT2D eigenvalue weighted by Gasteiger charge is -2.58. The highest BCUT2D eigenvalue weighted by molar-refractivity contribution is 5.82. The minimum absolute atomic E-state index is 0. The number of benzene rings is 3. The Labute approximate surface area is 231 Å². The van der Waals surface area contributed by atoms with E-state index in [1.807, 2.05) is 6.20 Å². The number of aromatic nitrogens is 1. The zero-order valence-corrected chi connectivity index (χ0v) is 22.8. The molecule has 0 N–H and O–H groups in total. The number of pyridine rings is 1. The maximum Gasteiger partial charge on any atom is 0.135 e. The van der Waals surface area contributed by atoms with Crippen LogP contribution < -0.4 is 17.0 Å². The first-order valence-electron chi connectivity index (χ1n) is 13.3. The minimum atomic E-state index is -0.00427. The van der Waals surface area contributed by atoms with Crippen LogP contribution in [0, 0.1) is 11.8 Å². The Morgan fingerprint density at radius 2 is 1.62 bits per heavy atom. The second-order valence-electron chi connectivity index (χ2n) is 10.7. The molecule has 3 fully saturated rings. The Morgan fingerprint density at radius 1 is 0.919 bits per heavy atom. The van der Waals surface area contributed by atoms with Gasteiger partial charge in [0.15, 0.2) is 0 Å². The van der Waals surface area contributed by atoms with Crippen LogP contribution in [0.4, 0.5) is 0 Å². The lowest BCUT2D eigenvalue weighted by Crippen LogP contribution is -3.00. The van der Waals surface area contributed by atoms with Crippen molar-refractivity contribution < 1.29 is 26.2 Å². The number of ether oxygens (including phenoxy) is 1. The summed E-state index contributed by atoms with van der Waals surface area (Å²) in [5.41, 5.74) is 4.94. The number of halogens is 1. The third-order valence-electron chi connectivity index (χ3n) is 8.63. The number of rotatable bonds is 8. The summed E-state index contributed by atoms with van der Waals surface area (Å²) in [6.07, 6.45) is 6.61. The van der Waals surface area contributed by atoms with Gasteiger partial charge in [0.2, 0.25) is 0 Å². The highest BCUT2D eigenvalue weighted by Gasteiger charge is 2.54. The molecule has 3 aliphatic rings. The van der Waals surface area contributed by atoms with Crippen molar-refractivity contribution in [1.82, 2.24) is 4.98 Å². The van der Waals surface area contributed by atoms with Crippen molar-refractivity contribution >= 4 is 10.9 Å². The van der Waals surface area contributed by atoms with Gasteiger partial charge in [-0.1, -0.05) is 84.9 Å². The molecule has 4 heteroatoms. The maximum atomic E-state index is 6.98. The molecule has 1 aromatic heterocycles. The largest absolute Gasteiger partial charge is 1.00 e. The van der Waals surface area contributed by atoms with Gasteiger partial charge in [-0.15, -0.1) is 6.58 Å². The van der Waals surface area contributed by atoms with Crippen LogP contribution >= 0.6 is 0 Å². The predicted molar refractivity (Wildman–Crippen MR) is 146 cm³/mol. The third-order valence-corrected chi connectivity index (χ3v) is 8.63. The predicted octanol–water partition coefficient (Wildman–Crippen LogP) is 4.11. The van der Waals surface area contributed by atoms with Gasteiger partial charge in [0.05, 0.1) is 25.2 Å². The molecule has 0 amide bonds. The van der Waals surface area contributed by atoms with Gasteiger partial charge in [-0.2, -0.15) is 0 Å². The van der Waals surface area contributed by atoms with E-state index in [-0.39, 0.29) is 23.1 Å². The quantitative estimate of drug-likeness (QED) is 0.241. The molecular weight excluding hydrogens is 520 g/mol. The molecule has 37 heavy (non-hydrogen) atoms. The topological polar surface area (TPSA) is 22.1 Å². The number of nitrogens with zero attached hydrogens (tertiary/aromatic N) is 2. The highest BCUT2D eigenvalue weighted by Crippen LogP contribution is 2.49. The molecular formula is C33H35BrN2O. The molecule has 4 heterocycles. The van der Waals surface area contributed by atoms with E-state index < -0.39 is 0 Å². The van der Waals surface area contributed by atoms with Crippen LogP contribution in [0.5, 0.6) is 0 Å². The van der Waals surface area contributed by atoms with Crippen LogP contribution in [-0.4, -0.2) is 28.6 Å². The Hall–Kier alpha value is -2.79. The van der Waals surface area contributed by atoms with E-state index >= 15 is 0 Å². The SMILES string of the molecule is C=C[C@H]1C[N+]2(Cc3ccccc3)CC[C@H]1C[C@@H]2[C@@H](OCc1ccccc1)c1ccnc2ccccc12.[Br-]. The number of hydrogen-bond acceptors (Lipinski definition) is 2. The van der Waals surface area contributed by atoms with Crippen molar-refractivity contribution in [2.45, 2.75) is 38.1 Å². The summed E-state index contributed by atoms with van der Waals surface area (Å²) in [5.74, 6) is 1.25. The molecule has 0 saturated carbocycles. The molecule has 3 saturated heterocycles. The monoisotopic (exact) mass is 554 g/mol. The zero-order valence-electron chi connectivity index (χ0n) is 21.3. The summed E-state index contributed by atoms with van der Waals surface area (Å²) in [5, 5.41) is 1.21. The van der Waals surface area contributed by atoms with E-state index in [1.165, 1.54) is 41.5 Å². The van der Waals surface area contributed by atoms with Crippen LogP contribution in [0.15, 0.2) is 110 Å². The summed E-state index contributed by atoms with van der Waals surface area (Å²) in [6, 6.07) is 32.7. The highest BCUT2D eigenvalue weighted by atomic mass is 79.9. The van der Waals surface area contributed by atoms with E-state index in [2.05, 4.69) is 109 Å². The van der Waals surface area contributed by atoms with Gasteiger partial charge >= 0.3 is 0 Å². The lowest BCUT2D eigenvalue weighted by molar-refractivity contribution is -0.985. The molecule has 1 unspecified atom stereocenters. The van der Waals surface area contributed by atoms with Crippen molar-refractivity contribution in [3.8, 4) is 0 Å².